The Balaban J connectivity index is 1.37. The predicted octanol–water partition coefficient (Wildman–Crippen LogP) is 5.36. The van der Waals surface area contributed by atoms with Gasteiger partial charge in [0.15, 0.2) is 6.10 Å². The first-order chi connectivity index (χ1) is 14.7. The quantitative estimate of drug-likeness (QED) is 0.581. The van der Waals surface area contributed by atoms with Crippen molar-refractivity contribution in [3.63, 3.8) is 0 Å². The number of hydrogen-bond acceptors (Lipinski definition) is 3. The zero-order valence-electron chi connectivity index (χ0n) is 17.4. The van der Waals surface area contributed by atoms with Gasteiger partial charge in [0.2, 0.25) is 0 Å². The standard InChI is InChI=1S/C26H28N2O2/c1-20(30-24-15-13-22(14-16-24)21-9-3-2-4-10-21)26(29)27-25-12-6-5-11-23(25)19-28-17-7-8-18-28/h2-6,9-16,20H,7-8,17-19H2,1H3,(H,27,29). The molecule has 1 fully saturated rings. The zero-order chi connectivity index (χ0) is 20.8. The zero-order valence-corrected chi connectivity index (χ0v) is 17.4. The SMILES string of the molecule is CC(Oc1ccc(-c2ccccc2)cc1)C(=O)Nc1ccccc1CN1CCCC1. The van der Waals surface area contributed by atoms with E-state index in [0.717, 1.165) is 42.0 Å². The Morgan fingerprint density at radius 2 is 1.53 bits per heavy atom. The average Bonchev–Trinajstić information content (AvgIpc) is 3.29. The minimum atomic E-state index is -0.590. The number of hydrogen-bond donors (Lipinski definition) is 1. The Kier molecular flexibility index (Phi) is 6.45. The summed E-state index contributed by atoms with van der Waals surface area (Å²) < 4.78 is 5.89. The van der Waals surface area contributed by atoms with Gasteiger partial charge in [-0.3, -0.25) is 9.69 Å². The minimum Gasteiger partial charge on any atom is -0.481 e. The lowest BCUT2D eigenvalue weighted by Crippen LogP contribution is -2.31. The van der Waals surface area contributed by atoms with Crippen LogP contribution in [-0.4, -0.2) is 30.0 Å². The van der Waals surface area contributed by atoms with E-state index in [1.54, 1.807) is 6.92 Å². The second kappa shape index (κ2) is 9.59. The molecule has 0 aliphatic carbocycles. The summed E-state index contributed by atoms with van der Waals surface area (Å²) in [4.78, 5) is 15.2. The number of rotatable bonds is 7. The first-order valence-corrected chi connectivity index (χ1v) is 10.6. The van der Waals surface area contributed by atoms with Crippen molar-refractivity contribution in [1.82, 2.24) is 4.90 Å². The van der Waals surface area contributed by atoms with E-state index >= 15 is 0 Å². The lowest BCUT2D eigenvalue weighted by Gasteiger charge is -2.19. The third-order valence-electron chi connectivity index (χ3n) is 5.51. The molecule has 4 rings (SSSR count). The monoisotopic (exact) mass is 400 g/mol. The van der Waals surface area contributed by atoms with Crippen LogP contribution in [0.25, 0.3) is 11.1 Å². The van der Waals surface area contributed by atoms with Gasteiger partial charge in [-0.25, -0.2) is 0 Å². The molecule has 3 aromatic carbocycles. The fraction of sp³-hybridized carbons (Fsp3) is 0.269. The second-order valence-corrected chi connectivity index (χ2v) is 7.78. The van der Waals surface area contributed by atoms with E-state index in [1.807, 2.05) is 60.7 Å². The van der Waals surface area contributed by atoms with Crippen LogP contribution in [0.3, 0.4) is 0 Å². The summed E-state index contributed by atoms with van der Waals surface area (Å²) in [5, 5.41) is 3.05. The van der Waals surface area contributed by atoms with Gasteiger partial charge in [0.05, 0.1) is 0 Å². The van der Waals surface area contributed by atoms with Crippen LogP contribution in [-0.2, 0) is 11.3 Å². The minimum absolute atomic E-state index is 0.143. The largest absolute Gasteiger partial charge is 0.481 e. The van der Waals surface area contributed by atoms with Crippen LogP contribution < -0.4 is 10.1 Å². The highest BCUT2D eigenvalue weighted by molar-refractivity contribution is 5.94. The molecule has 1 amide bonds. The fourth-order valence-electron chi connectivity index (χ4n) is 3.81. The normalized spacial score (nSPS) is 15.0. The molecule has 3 aromatic rings. The molecule has 1 atom stereocenters. The van der Waals surface area contributed by atoms with Crippen molar-refractivity contribution in [1.29, 1.82) is 0 Å². The Hall–Kier alpha value is -3.11. The Labute approximate surface area is 178 Å². The maximum Gasteiger partial charge on any atom is 0.265 e. The van der Waals surface area contributed by atoms with Crippen LogP contribution in [0.4, 0.5) is 5.69 Å². The first kappa shape index (κ1) is 20.2. The van der Waals surface area contributed by atoms with Crippen LogP contribution in [0.2, 0.25) is 0 Å². The van der Waals surface area contributed by atoms with Gasteiger partial charge in [-0.2, -0.15) is 0 Å². The van der Waals surface area contributed by atoms with Crippen LogP contribution in [0.5, 0.6) is 5.75 Å². The second-order valence-electron chi connectivity index (χ2n) is 7.78. The highest BCUT2D eigenvalue weighted by Crippen LogP contribution is 2.24. The third kappa shape index (κ3) is 5.08. The topological polar surface area (TPSA) is 41.6 Å². The van der Waals surface area contributed by atoms with E-state index < -0.39 is 6.10 Å². The van der Waals surface area contributed by atoms with E-state index in [2.05, 4.69) is 28.4 Å². The number of nitrogens with one attached hydrogen (secondary N) is 1. The number of benzene rings is 3. The molecule has 154 valence electrons. The third-order valence-corrected chi connectivity index (χ3v) is 5.51. The smallest absolute Gasteiger partial charge is 0.265 e. The number of carbonyl (C=O) groups is 1. The number of para-hydroxylation sites is 1. The number of ether oxygens (including phenoxy) is 1. The summed E-state index contributed by atoms with van der Waals surface area (Å²) in [7, 11) is 0. The molecule has 0 aromatic heterocycles. The molecule has 4 heteroatoms. The molecule has 1 N–H and O–H groups in total. The first-order valence-electron chi connectivity index (χ1n) is 10.6. The summed E-state index contributed by atoms with van der Waals surface area (Å²) in [5.41, 5.74) is 4.29. The van der Waals surface area contributed by atoms with Gasteiger partial charge < -0.3 is 10.1 Å². The van der Waals surface area contributed by atoms with Gasteiger partial charge >= 0.3 is 0 Å². The van der Waals surface area contributed by atoms with Crippen molar-refractivity contribution < 1.29 is 9.53 Å². The van der Waals surface area contributed by atoms with Crippen molar-refractivity contribution in [2.75, 3.05) is 18.4 Å². The van der Waals surface area contributed by atoms with E-state index in [1.165, 1.54) is 12.8 Å². The molecule has 1 unspecified atom stereocenters. The molecule has 0 saturated carbocycles. The van der Waals surface area contributed by atoms with Crippen LogP contribution in [0.15, 0.2) is 78.9 Å². The molecule has 0 radical (unpaired) electrons. The molecule has 0 spiro atoms. The Bertz CT molecular complexity index is 964. The van der Waals surface area contributed by atoms with Crippen LogP contribution in [0.1, 0.15) is 25.3 Å². The number of likely N-dealkylation sites (tertiary alicyclic amines) is 1. The molecule has 0 bridgehead atoms. The molecule has 1 aliphatic heterocycles. The number of nitrogens with zero attached hydrogens (tertiary/aromatic N) is 1. The summed E-state index contributed by atoms with van der Waals surface area (Å²) in [6.07, 6.45) is 1.91. The number of anilines is 1. The van der Waals surface area contributed by atoms with Crippen LogP contribution in [0, 0.1) is 0 Å². The molecule has 4 nitrogen and oxygen atoms in total. The average molecular weight is 401 g/mol. The van der Waals surface area contributed by atoms with Gasteiger partial charge in [-0.1, -0.05) is 60.7 Å². The molecule has 30 heavy (non-hydrogen) atoms. The van der Waals surface area contributed by atoms with Crippen LogP contribution >= 0.6 is 0 Å². The van der Waals surface area contributed by atoms with Crippen molar-refractivity contribution in [2.45, 2.75) is 32.4 Å². The van der Waals surface area contributed by atoms with Gasteiger partial charge in [-0.05, 0) is 67.7 Å². The molecular weight excluding hydrogens is 372 g/mol. The maximum absolute atomic E-state index is 12.7. The van der Waals surface area contributed by atoms with Crippen molar-refractivity contribution in [3.8, 4) is 16.9 Å². The van der Waals surface area contributed by atoms with E-state index in [9.17, 15) is 4.79 Å². The molecular formula is C26H28N2O2. The predicted molar refractivity (Wildman–Crippen MR) is 122 cm³/mol. The van der Waals surface area contributed by atoms with Gasteiger partial charge in [-0.15, -0.1) is 0 Å². The van der Waals surface area contributed by atoms with Gasteiger partial charge in [0, 0.05) is 12.2 Å². The van der Waals surface area contributed by atoms with Gasteiger partial charge in [0.25, 0.3) is 5.91 Å². The summed E-state index contributed by atoms with van der Waals surface area (Å²) in [6.45, 7) is 4.90. The highest BCUT2D eigenvalue weighted by atomic mass is 16.5. The van der Waals surface area contributed by atoms with E-state index in [0.29, 0.717) is 5.75 Å². The molecule has 1 aliphatic rings. The number of amides is 1. The molecule has 1 saturated heterocycles. The van der Waals surface area contributed by atoms with Crippen molar-refractivity contribution in [2.24, 2.45) is 0 Å². The van der Waals surface area contributed by atoms with E-state index in [-0.39, 0.29) is 5.91 Å². The number of carbonyl (C=O) groups excluding carboxylic acids is 1. The van der Waals surface area contributed by atoms with Gasteiger partial charge in [0.1, 0.15) is 5.75 Å². The van der Waals surface area contributed by atoms with E-state index in [4.69, 9.17) is 4.74 Å². The Morgan fingerprint density at radius 3 is 2.27 bits per heavy atom. The maximum atomic E-state index is 12.7. The van der Waals surface area contributed by atoms with Crippen molar-refractivity contribution >= 4 is 11.6 Å². The lowest BCUT2D eigenvalue weighted by molar-refractivity contribution is -0.122. The summed E-state index contributed by atoms with van der Waals surface area (Å²) in [6, 6.07) is 26.1. The lowest BCUT2D eigenvalue weighted by atomic mass is 10.1. The summed E-state index contributed by atoms with van der Waals surface area (Å²) >= 11 is 0. The fourth-order valence-corrected chi connectivity index (χ4v) is 3.81. The van der Waals surface area contributed by atoms with Crippen molar-refractivity contribution in [3.05, 3.63) is 84.4 Å². The summed E-state index contributed by atoms with van der Waals surface area (Å²) in [5.74, 6) is 0.540. The highest BCUT2D eigenvalue weighted by Gasteiger charge is 2.18. The molecule has 1 heterocycles. The Morgan fingerprint density at radius 1 is 0.900 bits per heavy atom.